The van der Waals surface area contributed by atoms with Gasteiger partial charge in [0.15, 0.2) is 12.5 Å². The Morgan fingerprint density at radius 3 is 2.03 bits per heavy atom. The minimum Gasteiger partial charge on any atom is -0.497 e. The highest BCUT2D eigenvalue weighted by atomic mass is 16.7. The summed E-state index contributed by atoms with van der Waals surface area (Å²) in [5.41, 5.74) is 7.01. The summed E-state index contributed by atoms with van der Waals surface area (Å²) in [6.45, 7) is 0.630. The molecule has 3 atom stereocenters. The van der Waals surface area contributed by atoms with Gasteiger partial charge in [-0.05, 0) is 47.5 Å². The maximum absolute atomic E-state index is 12.3. The molecule has 178 valence electrons. The monoisotopic (exact) mass is 465 g/mol. The second kappa shape index (κ2) is 11.0. The number of aromatic nitrogens is 2. The van der Waals surface area contributed by atoms with E-state index in [1.54, 1.807) is 26.5 Å². The number of hydrogen-bond acceptors (Lipinski definition) is 8. The van der Waals surface area contributed by atoms with Gasteiger partial charge in [-0.3, -0.25) is 4.57 Å². The molecule has 0 amide bonds. The van der Waals surface area contributed by atoms with Crippen molar-refractivity contribution in [3.8, 4) is 11.5 Å². The standard InChI is InChI=1S/C25H27N3O6/c1-30-19-7-3-17(4-8-19)15-32-21-11-12-23(28-14-13-22(26)27-25(28)29)34-24(21)33-16-18-5-9-20(31-2)10-6-18/h3-14,21,23-24H,15-16H2,1-2H3,(H2,26,27,29)/t21-,23-,24-/m0/s1. The molecule has 1 aromatic heterocycles. The summed E-state index contributed by atoms with van der Waals surface area (Å²) in [5.74, 6) is 1.68. The van der Waals surface area contributed by atoms with Crippen molar-refractivity contribution in [3.05, 3.63) is 94.6 Å². The van der Waals surface area contributed by atoms with Gasteiger partial charge in [0.05, 0.1) is 27.4 Å². The van der Waals surface area contributed by atoms with Gasteiger partial charge >= 0.3 is 5.69 Å². The highest BCUT2D eigenvalue weighted by molar-refractivity contribution is 5.28. The van der Waals surface area contributed by atoms with Crippen molar-refractivity contribution < 1.29 is 23.7 Å². The molecule has 0 radical (unpaired) electrons. The molecule has 0 spiro atoms. The third-order valence-corrected chi connectivity index (χ3v) is 5.31. The van der Waals surface area contributed by atoms with Crippen LogP contribution >= 0.6 is 0 Å². The summed E-state index contributed by atoms with van der Waals surface area (Å²) >= 11 is 0. The Labute approximate surface area is 197 Å². The van der Waals surface area contributed by atoms with Crippen molar-refractivity contribution in [2.24, 2.45) is 0 Å². The lowest BCUT2D eigenvalue weighted by Crippen LogP contribution is -2.40. The van der Waals surface area contributed by atoms with Gasteiger partial charge in [-0.2, -0.15) is 4.98 Å². The molecule has 3 aromatic rings. The molecule has 1 aliphatic rings. The van der Waals surface area contributed by atoms with Gasteiger partial charge in [0.1, 0.15) is 23.4 Å². The quantitative estimate of drug-likeness (QED) is 0.481. The second-order valence-electron chi connectivity index (χ2n) is 7.60. The average Bonchev–Trinajstić information content (AvgIpc) is 2.87. The van der Waals surface area contributed by atoms with Crippen LogP contribution in [-0.4, -0.2) is 36.2 Å². The summed E-state index contributed by atoms with van der Waals surface area (Å²) in [6.07, 6.45) is 3.15. The molecular formula is C25H27N3O6. The van der Waals surface area contributed by atoms with E-state index in [9.17, 15) is 4.79 Å². The molecule has 34 heavy (non-hydrogen) atoms. The molecule has 9 heteroatoms. The third kappa shape index (κ3) is 5.82. The number of benzene rings is 2. The first-order chi connectivity index (χ1) is 16.6. The van der Waals surface area contributed by atoms with E-state index in [-0.39, 0.29) is 12.4 Å². The van der Waals surface area contributed by atoms with Crippen molar-refractivity contribution in [2.45, 2.75) is 31.8 Å². The van der Waals surface area contributed by atoms with Crippen molar-refractivity contribution in [2.75, 3.05) is 20.0 Å². The lowest BCUT2D eigenvalue weighted by Gasteiger charge is -2.32. The minimum absolute atomic E-state index is 0.147. The topological polar surface area (TPSA) is 107 Å². The number of rotatable bonds is 9. The number of hydrogen-bond donors (Lipinski definition) is 1. The molecule has 2 aromatic carbocycles. The van der Waals surface area contributed by atoms with E-state index in [2.05, 4.69) is 4.98 Å². The van der Waals surface area contributed by atoms with E-state index < -0.39 is 24.3 Å². The summed E-state index contributed by atoms with van der Waals surface area (Å²) < 4.78 is 30.0. The molecule has 1 aliphatic heterocycles. The predicted octanol–water partition coefficient (Wildman–Crippen LogP) is 3.06. The molecule has 0 unspecified atom stereocenters. The van der Waals surface area contributed by atoms with Crippen LogP contribution in [0.2, 0.25) is 0 Å². The molecule has 4 rings (SSSR count). The first kappa shape index (κ1) is 23.5. The molecular weight excluding hydrogens is 438 g/mol. The molecule has 0 aliphatic carbocycles. The van der Waals surface area contributed by atoms with Crippen molar-refractivity contribution in [1.29, 1.82) is 0 Å². The molecule has 0 bridgehead atoms. The normalized spacial score (nSPS) is 19.6. The number of methoxy groups -OCH3 is 2. The zero-order valence-electron chi connectivity index (χ0n) is 19.0. The van der Waals surface area contributed by atoms with E-state index in [0.717, 1.165) is 22.6 Å². The van der Waals surface area contributed by atoms with Crippen molar-refractivity contribution >= 4 is 5.82 Å². The summed E-state index contributed by atoms with van der Waals surface area (Å²) in [5, 5.41) is 0. The third-order valence-electron chi connectivity index (χ3n) is 5.31. The Kier molecular flexibility index (Phi) is 7.58. The molecule has 2 heterocycles. The fourth-order valence-corrected chi connectivity index (χ4v) is 3.42. The van der Waals surface area contributed by atoms with Crippen LogP contribution in [0.1, 0.15) is 17.4 Å². The van der Waals surface area contributed by atoms with Crippen LogP contribution in [0, 0.1) is 0 Å². The SMILES string of the molecule is COc1ccc(CO[C@H]2O[C@H](n3ccc(N)nc3=O)C=C[C@@H]2OCc2ccc(OC)cc2)cc1. The van der Waals surface area contributed by atoms with Crippen LogP contribution < -0.4 is 20.9 Å². The Hall–Kier alpha value is -3.66. The number of ether oxygens (including phenoxy) is 5. The van der Waals surface area contributed by atoms with Crippen molar-refractivity contribution in [1.82, 2.24) is 9.55 Å². The summed E-state index contributed by atoms with van der Waals surface area (Å²) in [7, 11) is 3.24. The smallest absolute Gasteiger partial charge is 0.351 e. The van der Waals surface area contributed by atoms with Gasteiger partial charge in [-0.25, -0.2) is 4.79 Å². The Morgan fingerprint density at radius 1 is 0.882 bits per heavy atom. The first-order valence-electron chi connectivity index (χ1n) is 10.7. The largest absolute Gasteiger partial charge is 0.497 e. The van der Waals surface area contributed by atoms with Crippen LogP contribution in [0.25, 0.3) is 0 Å². The fraction of sp³-hybridized carbons (Fsp3) is 0.280. The summed E-state index contributed by atoms with van der Waals surface area (Å²) in [4.78, 5) is 16.1. The first-order valence-corrected chi connectivity index (χ1v) is 10.7. The van der Waals surface area contributed by atoms with Gasteiger partial charge in [-0.1, -0.05) is 30.3 Å². The highest BCUT2D eigenvalue weighted by Gasteiger charge is 2.30. The van der Waals surface area contributed by atoms with E-state index in [0.29, 0.717) is 6.61 Å². The molecule has 2 N–H and O–H groups in total. The lowest BCUT2D eigenvalue weighted by atomic mass is 10.2. The maximum atomic E-state index is 12.3. The Bertz CT molecular complexity index is 1160. The highest BCUT2D eigenvalue weighted by Crippen LogP contribution is 2.25. The zero-order valence-corrected chi connectivity index (χ0v) is 19.0. The average molecular weight is 466 g/mol. The maximum Gasteiger partial charge on any atom is 0.351 e. The van der Waals surface area contributed by atoms with Crippen LogP contribution in [0.4, 0.5) is 5.82 Å². The number of nitrogen functional groups attached to an aromatic ring is 1. The van der Waals surface area contributed by atoms with Crippen LogP contribution in [0.5, 0.6) is 11.5 Å². The number of nitrogens with zero attached hydrogens (tertiary/aromatic N) is 2. The Balaban J connectivity index is 1.49. The van der Waals surface area contributed by atoms with Crippen LogP contribution in [0.3, 0.4) is 0 Å². The van der Waals surface area contributed by atoms with Crippen LogP contribution in [-0.2, 0) is 27.4 Å². The van der Waals surface area contributed by atoms with E-state index in [1.807, 2.05) is 54.6 Å². The predicted molar refractivity (Wildman–Crippen MR) is 125 cm³/mol. The number of anilines is 1. The van der Waals surface area contributed by atoms with E-state index >= 15 is 0 Å². The van der Waals surface area contributed by atoms with Gasteiger partial charge < -0.3 is 29.4 Å². The molecule has 0 saturated carbocycles. The Morgan fingerprint density at radius 2 is 1.47 bits per heavy atom. The minimum atomic E-state index is -0.764. The van der Waals surface area contributed by atoms with Crippen LogP contribution in [0.15, 0.2) is 77.7 Å². The van der Waals surface area contributed by atoms with Gasteiger partial charge in [0, 0.05) is 6.20 Å². The fourth-order valence-electron chi connectivity index (χ4n) is 3.42. The van der Waals surface area contributed by atoms with Gasteiger partial charge in [-0.15, -0.1) is 0 Å². The zero-order chi connectivity index (χ0) is 23.9. The van der Waals surface area contributed by atoms with E-state index in [1.165, 1.54) is 10.6 Å². The lowest BCUT2D eigenvalue weighted by molar-refractivity contribution is -0.236. The van der Waals surface area contributed by atoms with E-state index in [4.69, 9.17) is 29.4 Å². The molecule has 9 nitrogen and oxygen atoms in total. The van der Waals surface area contributed by atoms with Crippen molar-refractivity contribution in [3.63, 3.8) is 0 Å². The summed E-state index contributed by atoms with van der Waals surface area (Å²) in [6, 6.07) is 16.7. The number of nitrogens with two attached hydrogens (primary N) is 1. The second-order valence-corrected chi connectivity index (χ2v) is 7.60. The van der Waals surface area contributed by atoms with Gasteiger partial charge in [0.2, 0.25) is 0 Å². The van der Waals surface area contributed by atoms with Gasteiger partial charge in [0.25, 0.3) is 0 Å². The molecule has 0 saturated heterocycles. The molecule has 0 fully saturated rings.